The predicted octanol–water partition coefficient (Wildman–Crippen LogP) is 2.98. The van der Waals surface area contributed by atoms with Crippen LogP contribution >= 0.6 is 11.8 Å². The van der Waals surface area contributed by atoms with E-state index in [2.05, 4.69) is 11.4 Å². The highest BCUT2D eigenvalue weighted by Gasteiger charge is 2.22. The number of nitrogens with one attached hydrogen (secondary N) is 1. The molecular formula is C19H19N3O4S. The molecule has 0 radical (unpaired) electrons. The van der Waals surface area contributed by atoms with Gasteiger partial charge in [-0.25, -0.2) is 0 Å². The molecule has 0 heterocycles. The normalized spacial score (nSPS) is 15.6. The van der Waals surface area contributed by atoms with Gasteiger partial charge in [-0.05, 0) is 42.5 Å². The quantitative estimate of drug-likeness (QED) is 0.451. The minimum absolute atomic E-state index is 0.0322. The maximum Gasteiger partial charge on any atom is 0.283 e. The number of rotatable bonds is 6. The molecule has 0 fully saturated rings. The van der Waals surface area contributed by atoms with Gasteiger partial charge < -0.3 is 11.1 Å². The Morgan fingerprint density at radius 1 is 1.26 bits per heavy atom. The number of carbonyl (C=O) groups is 2. The average molecular weight is 385 g/mol. The van der Waals surface area contributed by atoms with Crippen molar-refractivity contribution in [2.24, 2.45) is 5.73 Å². The summed E-state index contributed by atoms with van der Waals surface area (Å²) in [7, 11) is 0. The summed E-state index contributed by atoms with van der Waals surface area (Å²) < 4.78 is 0. The highest BCUT2D eigenvalue weighted by molar-refractivity contribution is 8.00. The molecule has 3 rings (SSSR count). The molecule has 1 atom stereocenters. The number of carbonyl (C=O) groups excluding carboxylic acids is 2. The van der Waals surface area contributed by atoms with Crippen LogP contribution in [0.15, 0.2) is 47.4 Å². The van der Waals surface area contributed by atoms with Crippen molar-refractivity contribution in [2.45, 2.75) is 30.2 Å². The molecule has 27 heavy (non-hydrogen) atoms. The third kappa shape index (κ3) is 4.46. The summed E-state index contributed by atoms with van der Waals surface area (Å²) in [5, 5.41) is 14.3. The molecule has 1 aliphatic rings. The molecule has 0 saturated carbocycles. The number of primary amides is 1. The second-order valence-electron chi connectivity index (χ2n) is 6.30. The van der Waals surface area contributed by atoms with E-state index in [-0.39, 0.29) is 29.0 Å². The largest absolute Gasteiger partial charge is 0.366 e. The molecule has 2 aromatic carbocycles. The number of amides is 2. The average Bonchev–Trinajstić information content (AvgIpc) is 2.66. The second kappa shape index (κ2) is 8.22. The van der Waals surface area contributed by atoms with E-state index in [4.69, 9.17) is 5.73 Å². The van der Waals surface area contributed by atoms with Gasteiger partial charge in [0.2, 0.25) is 11.8 Å². The Hall–Kier alpha value is -2.87. The van der Waals surface area contributed by atoms with Crippen LogP contribution in [-0.2, 0) is 11.2 Å². The molecule has 1 aliphatic carbocycles. The summed E-state index contributed by atoms with van der Waals surface area (Å²) in [6.07, 6.45) is 2.89. The third-order valence-corrected chi connectivity index (χ3v) is 5.57. The van der Waals surface area contributed by atoms with Crippen molar-refractivity contribution in [2.75, 3.05) is 5.75 Å². The van der Waals surface area contributed by atoms with Crippen LogP contribution in [0.1, 0.15) is 40.4 Å². The Morgan fingerprint density at radius 3 is 2.78 bits per heavy atom. The van der Waals surface area contributed by atoms with Crippen molar-refractivity contribution in [1.29, 1.82) is 0 Å². The summed E-state index contributed by atoms with van der Waals surface area (Å²) >= 11 is 1.07. The van der Waals surface area contributed by atoms with E-state index < -0.39 is 10.8 Å². The van der Waals surface area contributed by atoms with Crippen molar-refractivity contribution >= 4 is 29.3 Å². The van der Waals surface area contributed by atoms with Gasteiger partial charge in [-0.3, -0.25) is 19.7 Å². The van der Waals surface area contributed by atoms with E-state index in [9.17, 15) is 19.7 Å². The van der Waals surface area contributed by atoms with Gasteiger partial charge in [-0.15, -0.1) is 11.8 Å². The van der Waals surface area contributed by atoms with Gasteiger partial charge in [0.05, 0.1) is 21.6 Å². The molecule has 140 valence electrons. The van der Waals surface area contributed by atoms with Crippen molar-refractivity contribution in [3.05, 3.63) is 69.3 Å². The highest BCUT2D eigenvalue weighted by atomic mass is 32.2. The van der Waals surface area contributed by atoms with E-state index in [1.54, 1.807) is 0 Å². The molecular weight excluding hydrogens is 366 g/mol. The monoisotopic (exact) mass is 385 g/mol. The molecule has 2 aromatic rings. The van der Waals surface area contributed by atoms with E-state index in [0.717, 1.165) is 42.7 Å². The SMILES string of the molecule is NC(=O)c1ccc(SCC(=O)NC2CCCc3ccccc32)c([N+](=O)[O-])c1. The zero-order valence-corrected chi connectivity index (χ0v) is 15.3. The number of nitro benzene ring substituents is 1. The molecule has 0 bridgehead atoms. The predicted molar refractivity (Wildman–Crippen MR) is 103 cm³/mol. The Labute approximate surface area is 160 Å². The molecule has 3 N–H and O–H groups in total. The van der Waals surface area contributed by atoms with Crippen LogP contribution in [0, 0.1) is 10.1 Å². The van der Waals surface area contributed by atoms with Crippen LogP contribution in [0.3, 0.4) is 0 Å². The van der Waals surface area contributed by atoms with Crippen molar-refractivity contribution in [1.82, 2.24) is 5.32 Å². The number of thioether (sulfide) groups is 1. The summed E-state index contributed by atoms with van der Waals surface area (Å²) in [6.45, 7) is 0. The molecule has 7 nitrogen and oxygen atoms in total. The number of nitrogens with zero attached hydrogens (tertiary/aromatic N) is 1. The first-order valence-electron chi connectivity index (χ1n) is 8.54. The maximum absolute atomic E-state index is 12.4. The van der Waals surface area contributed by atoms with Crippen molar-refractivity contribution in [3.8, 4) is 0 Å². The number of aryl methyl sites for hydroxylation is 1. The highest BCUT2D eigenvalue weighted by Crippen LogP contribution is 2.32. The Bertz CT molecular complexity index is 900. The minimum atomic E-state index is -0.733. The molecule has 0 aliphatic heterocycles. The number of fused-ring (bicyclic) bond motifs is 1. The van der Waals surface area contributed by atoms with E-state index in [1.165, 1.54) is 17.7 Å². The first-order chi connectivity index (χ1) is 13.0. The third-order valence-electron chi connectivity index (χ3n) is 4.50. The molecule has 1 unspecified atom stereocenters. The zero-order valence-electron chi connectivity index (χ0n) is 14.5. The van der Waals surface area contributed by atoms with Crippen LogP contribution in [-0.4, -0.2) is 22.5 Å². The van der Waals surface area contributed by atoms with Crippen molar-refractivity contribution in [3.63, 3.8) is 0 Å². The lowest BCUT2D eigenvalue weighted by molar-refractivity contribution is -0.387. The fourth-order valence-corrected chi connectivity index (χ4v) is 4.03. The number of nitro groups is 1. The van der Waals surface area contributed by atoms with Gasteiger partial charge in [0.1, 0.15) is 0 Å². The van der Waals surface area contributed by atoms with Gasteiger partial charge >= 0.3 is 0 Å². The van der Waals surface area contributed by atoms with Gasteiger partial charge in [-0.1, -0.05) is 24.3 Å². The van der Waals surface area contributed by atoms with Crippen LogP contribution in [0.4, 0.5) is 5.69 Å². The van der Waals surface area contributed by atoms with Crippen LogP contribution in [0.25, 0.3) is 0 Å². The second-order valence-corrected chi connectivity index (χ2v) is 7.32. The fraction of sp³-hybridized carbons (Fsp3) is 0.263. The number of nitrogens with two attached hydrogens (primary N) is 1. The number of hydrogen-bond acceptors (Lipinski definition) is 5. The summed E-state index contributed by atoms with van der Waals surface area (Å²) in [4.78, 5) is 34.6. The minimum Gasteiger partial charge on any atom is -0.366 e. The summed E-state index contributed by atoms with van der Waals surface area (Å²) in [5.41, 5.74) is 7.39. The zero-order chi connectivity index (χ0) is 19.4. The van der Waals surface area contributed by atoms with Gasteiger partial charge in [0.25, 0.3) is 5.69 Å². The van der Waals surface area contributed by atoms with Crippen LogP contribution in [0.2, 0.25) is 0 Å². The van der Waals surface area contributed by atoms with Crippen LogP contribution in [0.5, 0.6) is 0 Å². The molecule has 8 heteroatoms. The Kier molecular flexibility index (Phi) is 5.75. The first kappa shape index (κ1) is 18.9. The molecule has 0 saturated heterocycles. The van der Waals surface area contributed by atoms with Crippen LogP contribution < -0.4 is 11.1 Å². The van der Waals surface area contributed by atoms with E-state index >= 15 is 0 Å². The lowest BCUT2D eigenvalue weighted by Crippen LogP contribution is -2.32. The van der Waals surface area contributed by atoms with Gasteiger partial charge in [-0.2, -0.15) is 0 Å². The maximum atomic E-state index is 12.4. The summed E-state index contributed by atoms with van der Waals surface area (Å²) in [5.74, 6) is -0.867. The molecule has 2 amide bonds. The van der Waals surface area contributed by atoms with E-state index in [1.807, 2.05) is 18.2 Å². The molecule has 0 spiro atoms. The standard InChI is InChI=1S/C19H19N3O4S/c20-19(24)13-8-9-17(16(10-13)22(25)26)27-11-18(23)21-15-7-3-5-12-4-1-2-6-14(12)15/h1-2,4,6,8-10,15H,3,5,7,11H2,(H2,20,24)(H,21,23). The number of benzene rings is 2. The topological polar surface area (TPSA) is 115 Å². The fourth-order valence-electron chi connectivity index (χ4n) is 3.22. The lowest BCUT2D eigenvalue weighted by Gasteiger charge is -2.26. The number of hydrogen-bond donors (Lipinski definition) is 2. The molecule has 0 aromatic heterocycles. The Balaban J connectivity index is 1.66. The lowest BCUT2D eigenvalue weighted by atomic mass is 9.88. The van der Waals surface area contributed by atoms with E-state index in [0.29, 0.717) is 4.90 Å². The first-order valence-corrected chi connectivity index (χ1v) is 9.52. The summed E-state index contributed by atoms with van der Waals surface area (Å²) in [6, 6.07) is 12.0. The van der Waals surface area contributed by atoms with Gasteiger partial charge in [0.15, 0.2) is 0 Å². The van der Waals surface area contributed by atoms with Gasteiger partial charge in [0, 0.05) is 11.6 Å². The smallest absolute Gasteiger partial charge is 0.283 e. The Morgan fingerprint density at radius 2 is 2.04 bits per heavy atom. The van der Waals surface area contributed by atoms with Crippen molar-refractivity contribution < 1.29 is 14.5 Å².